The minimum Gasteiger partial charge on any atom is -0.322 e. The zero-order valence-electron chi connectivity index (χ0n) is 10.2. The van der Waals surface area contributed by atoms with Crippen LogP contribution in [-0.4, -0.2) is 11.8 Å². The molecule has 1 aliphatic rings. The molecule has 88 valence electrons. The molecule has 2 unspecified atom stereocenters. The van der Waals surface area contributed by atoms with E-state index in [1.54, 1.807) is 6.92 Å². The van der Waals surface area contributed by atoms with E-state index in [9.17, 15) is 4.79 Å². The lowest BCUT2D eigenvalue weighted by atomic mass is 9.78. The molecule has 1 saturated carbocycles. The van der Waals surface area contributed by atoms with Crippen molar-refractivity contribution in [1.29, 1.82) is 0 Å². The molecule has 0 radical (unpaired) electrons. The first kappa shape index (κ1) is 12.7. The van der Waals surface area contributed by atoms with Crippen molar-refractivity contribution < 1.29 is 4.79 Å². The number of carbonyl (C=O) groups is 1. The van der Waals surface area contributed by atoms with Gasteiger partial charge in [0.1, 0.15) is 5.78 Å². The van der Waals surface area contributed by atoms with Gasteiger partial charge in [0, 0.05) is 0 Å². The van der Waals surface area contributed by atoms with Crippen molar-refractivity contribution >= 4 is 5.78 Å². The summed E-state index contributed by atoms with van der Waals surface area (Å²) in [5.74, 6) is 1.76. The Morgan fingerprint density at radius 2 is 1.87 bits per heavy atom. The van der Waals surface area contributed by atoms with Gasteiger partial charge in [-0.1, -0.05) is 39.0 Å². The van der Waals surface area contributed by atoms with Gasteiger partial charge >= 0.3 is 0 Å². The van der Waals surface area contributed by atoms with Gasteiger partial charge in [-0.2, -0.15) is 0 Å². The molecule has 0 aromatic heterocycles. The maximum absolute atomic E-state index is 11.0. The summed E-state index contributed by atoms with van der Waals surface area (Å²) in [4.78, 5) is 11.0. The number of hydrogen-bond donors (Lipinski definition) is 1. The first-order valence-electron chi connectivity index (χ1n) is 6.37. The lowest BCUT2D eigenvalue weighted by Gasteiger charge is -2.28. The zero-order chi connectivity index (χ0) is 11.3. The van der Waals surface area contributed by atoms with Crippen LogP contribution in [0.1, 0.15) is 58.8 Å². The first-order valence-corrected chi connectivity index (χ1v) is 6.37. The maximum Gasteiger partial charge on any atom is 0.146 e. The number of ketones is 1. The van der Waals surface area contributed by atoms with Crippen LogP contribution in [0, 0.1) is 11.8 Å². The number of rotatable bonds is 5. The fraction of sp³-hybridized carbons (Fsp3) is 0.923. The van der Waals surface area contributed by atoms with Crippen LogP contribution >= 0.6 is 0 Å². The molecule has 0 amide bonds. The van der Waals surface area contributed by atoms with E-state index in [4.69, 9.17) is 5.73 Å². The first-order chi connectivity index (χ1) is 7.11. The third-order valence-corrected chi connectivity index (χ3v) is 3.91. The predicted molar refractivity (Wildman–Crippen MR) is 63.6 cm³/mol. The Morgan fingerprint density at radius 3 is 2.40 bits per heavy atom. The molecular formula is C13H25NO. The molecule has 0 aromatic carbocycles. The van der Waals surface area contributed by atoms with E-state index in [1.807, 2.05) is 0 Å². The van der Waals surface area contributed by atoms with Gasteiger partial charge in [0.2, 0.25) is 0 Å². The van der Waals surface area contributed by atoms with E-state index in [0.29, 0.717) is 0 Å². The summed E-state index contributed by atoms with van der Waals surface area (Å²) in [7, 11) is 0. The summed E-state index contributed by atoms with van der Waals surface area (Å²) in [5, 5.41) is 0. The number of nitrogens with two attached hydrogens (primary N) is 1. The summed E-state index contributed by atoms with van der Waals surface area (Å²) >= 11 is 0. The van der Waals surface area contributed by atoms with E-state index in [1.165, 1.54) is 32.1 Å². The van der Waals surface area contributed by atoms with E-state index in [2.05, 4.69) is 6.92 Å². The van der Waals surface area contributed by atoms with E-state index in [0.717, 1.165) is 24.7 Å². The molecule has 1 aliphatic carbocycles. The van der Waals surface area contributed by atoms with Crippen molar-refractivity contribution in [2.75, 3.05) is 0 Å². The molecule has 0 bridgehead atoms. The lowest BCUT2D eigenvalue weighted by Crippen LogP contribution is -2.29. The van der Waals surface area contributed by atoms with Gasteiger partial charge in [-0.25, -0.2) is 0 Å². The summed E-state index contributed by atoms with van der Waals surface area (Å²) in [5.41, 5.74) is 5.74. The molecule has 0 saturated heterocycles. The van der Waals surface area contributed by atoms with Gasteiger partial charge in [-0.15, -0.1) is 0 Å². The minimum absolute atomic E-state index is 0.130. The Bertz CT molecular complexity index is 197. The Hall–Kier alpha value is -0.370. The SMILES string of the molecule is CC(=O)C(N)CCC(C)C1CCCCC1. The second-order valence-electron chi connectivity index (χ2n) is 5.17. The molecule has 1 fully saturated rings. The van der Waals surface area contributed by atoms with Crippen LogP contribution in [-0.2, 0) is 4.79 Å². The van der Waals surface area contributed by atoms with Crippen LogP contribution in [0.3, 0.4) is 0 Å². The van der Waals surface area contributed by atoms with Crippen LogP contribution in [0.25, 0.3) is 0 Å². The summed E-state index contributed by atoms with van der Waals surface area (Å²) in [6.45, 7) is 3.92. The molecule has 0 aliphatic heterocycles. The van der Waals surface area contributed by atoms with Crippen molar-refractivity contribution in [3.05, 3.63) is 0 Å². The van der Waals surface area contributed by atoms with Gasteiger partial charge in [-0.05, 0) is 31.6 Å². The minimum atomic E-state index is -0.226. The van der Waals surface area contributed by atoms with E-state index >= 15 is 0 Å². The molecular weight excluding hydrogens is 186 g/mol. The summed E-state index contributed by atoms with van der Waals surface area (Å²) in [6, 6.07) is -0.226. The van der Waals surface area contributed by atoms with Crippen LogP contribution in [0.4, 0.5) is 0 Å². The molecule has 2 N–H and O–H groups in total. The number of hydrogen-bond acceptors (Lipinski definition) is 2. The van der Waals surface area contributed by atoms with Crippen molar-refractivity contribution in [2.24, 2.45) is 17.6 Å². The van der Waals surface area contributed by atoms with Gasteiger partial charge in [0.25, 0.3) is 0 Å². The van der Waals surface area contributed by atoms with Crippen molar-refractivity contribution in [3.63, 3.8) is 0 Å². The molecule has 0 aromatic rings. The smallest absolute Gasteiger partial charge is 0.146 e. The van der Waals surface area contributed by atoms with Crippen LogP contribution in [0.5, 0.6) is 0 Å². The molecule has 2 atom stereocenters. The van der Waals surface area contributed by atoms with Gasteiger partial charge in [0.05, 0.1) is 6.04 Å². The maximum atomic E-state index is 11.0. The third-order valence-electron chi connectivity index (χ3n) is 3.91. The molecule has 0 heterocycles. The van der Waals surface area contributed by atoms with E-state index in [-0.39, 0.29) is 11.8 Å². The third kappa shape index (κ3) is 4.33. The molecule has 2 nitrogen and oxygen atoms in total. The highest BCUT2D eigenvalue weighted by atomic mass is 16.1. The monoisotopic (exact) mass is 211 g/mol. The van der Waals surface area contributed by atoms with Crippen LogP contribution in [0.15, 0.2) is 0 Å². The van der Waals surface area contributed by atoms with Gasteiger partial charge in [-0.3, -0.25) is 4.79 Å². The topological polar surface area (TPSA) is 43.1 Å². The number of carbonyl (C=O) groups excluding carboxylic acids is 1. The normalized spacial score (nSPS) is 22.3. The largest absolute Gasteiger partial charge is 0.322 e. The quantitative estimate of drug-likeness (QED) is 0.760. The highest BCUT2D eigenvalue weighted by Crippen LogP contribution is 2.32. The molecule has 15 heavy (non-hydrogen) atoms. The van der Waals surface area contributed by atoms with Crippen LogP contribution in [0.2, 0.25) is 0 Å². The fourth-order valence-corrected chi connectivity index (χ4v) is 2.58. The Kier molecular flexibility index (Phi) is 5.30. The van der Waals surface area contributed by atoms with Crippen molar-refractivity contribution in [3.8, 4) is 0 Å². The Balaban J connectivity index is 2.22. The second kappa shape index (κ2) is 6.26. The molecule has 0 spiro atoms. The Morgan fingerprint density at radius 1 is 1.27 bits per heavy atom. The predicted octanol–water partition coefficient (Wildman–Crippen LogP) is 2.90. The fourth-order valence-electron chi connectivity index (χ4n) is 2.58. The van der Waals surface area contributed by atoms with Crippen molar-refractivity contribution in [1.82, 2.24) is 0 Å². The van der Waals surface area contributed by atoms with Crippen LogP contribution < -0.4 is 5.73 Å². The average molecular weight is 211 g/mol. The number of Topliss-reactive ketones (excluding diaryl/α,β-unsaturated/α-hetero) is 1. The van der Waals surface area contributed by atoms with Gasteiger partial charge < -0.3 is 5.73 Å². The molecule has 2 heteroatoms. The van der Waals surface area contributed by atoms with Crippen molar-refractivity contribution in [2.45, 2.75) is 64.8 Å². The zero-order valence-corrected chi connectivity index (χ0v) is 10.2. The standard InChI is InChI=1S/C13H25NO/c1-10(8-9-13(14)11(2)15)12-6-4-3-5-7-12/h10,12-13H,3-9,14H2,1-2H3. The molecule has 1 rings (SSSR count). The van der Waals surface area contributed by atoms with E-state index < -0.39 is 0 Å². The highest BCUT2D eigenvalue weighted by molar-refractivity contribution is 5.81. The average Bonchev–Trinajstić information content (AvgIpc) is 2.26. The highest BCUT2D eigenvalue weighted by Gasteiger charge is 2.20. The lowest BCUT2D eigenvalue weighted by molar-refractivity contribution is -0.118. The summed E-state index contributed by atoms with van der Waals surface area (Å²) in [6.07, 6.45) is 8.96. The summed E-state index contributed by atoms with van der Waals surface area (Å²) < 4.78 is 0. The Labute approximate surface area is 93.6 Å². The second-order valence-corrected chi connectivity index (χ2v) is 5.17. The van der Waals surface area contributed by atoms with Gasteiger partial charge in [0.15, 0.2) is 0 Å².